The monoisotopic (exact) mass is 595 g/mol. The molecule has 2 N–H and O–H groups in total. The molecule has 0 saturated heterocycles. The smallest absolute Gasteiger partial charge is 0.287 e. The number of phenols is 1. The lowest BCUT2D eigenvalue weighted by molar-refractivity contribution is 0.0911. The third kappa shape index (κ3) is 8.19. The van der Waals surface area contributed by atoms with Crippen molar-refractivity contribution in [1.29, 1.82) is 0 Å². The zero-order valence-electron chi connectivity index (χ0n) is 22.2. The molecule has 0 saturated carbocycles. The van der Waals surface area contributed by atoms with Gasteiger partial charge in [0.15, 0.2) is 10.4 Å². The van der Waals surface area contributed by atoms with Crippen LogP contribution in [0.15, 0.2) is 94.1 Å². The van der Waals surface area contributed by atoms with Gasteiger partial charge in [-0.25, -0.2) is 9.07 Å². The van der Waals surface area contributed by atoms with Gasteiger partial charge < -0.3 is 19.6 Å². The third-order valence-electron chi connectivity index (χ3n) is 5.47. The summed E-state index contributed by atoms with van der Waals surface area (Å²) in [6, 6.07) is 22.3. The highest BCUT2D eigenvalue weighted by atomic mass is 79.9. The molecule has 5 aromatic rings. The van der Waals surface area contributed by atoms with Crippen LogP contribution in [0.4, 0.5) is 4.39 Å². The maximum absolute atomic E-state index is 12.8. The predicted molar refractivity (Wildman–Crippen MR) is 154 cm³/mol. The van der Waals surface area contributed by atoms with Crippen LogP contribution in [0.2, 0.25) is 0 Å². The van der Waals surface area contributed by atoms with E-state index >= 15 is 0 Å². The molecule has 1 atom stereocenters. The number of nitrogens with zero attached hydrogens (tertiary/aromatic N) is 2. The first kappa shape index (κ1) is 29.4. The molecule has 0 radical (unpaired) electrons. The maximum atomic E-state index is 12.8. The molecular weight excluding hydrogens is 565 g/mol. The molecule has 1 amide bonds. The SMILES string of the molecule is CC.COc1cccc(CC(C)NC(=O)c2ccc(Br)o2)c1.Oc1ccc2c(cnn2-c2ccc(F)cc2)c1. The summed E-state index contributed by atoms with van der Waals surface area (Å²) >= 11 is 3.18. The Morgan fingerprint density at radius 3 is 2.51 bits per heavy atom. The molecule has 39 heavy (non-hydrogen) atoms. The number of carbonyl (C=O) groups is 1. The van der Waals surface area contributed by atoms with Crippen LogP contribution in [0, 0.1) is 5.82 Å². The Hall–Kier alpha value is -4.11. The van der Waals surface area contributed by atoms with Crippen LogP contribution in [0.5, 0.6) is 11.5 Å². The van der Waals surface area contributed by atoms with Crippen LogP contribution in [0.3, 0.4) is 0 Å². The lowest BCUT2D eigenvalue weighted by atomic mass is 10.1. The Bertz CT molecular complexity index is 1500. The molecule has 0 aliphatic heterocycles. The van der Waals surface area contributed by atoms with Gasteiger partial charge in [0.2, 0.25) is 0 Å². The molecule has 2 heterocycles. The van der Waals surface area contributed by atoms with E-state index in [9.17, 15) is 14.3 Å². The summed E-state index contributed by atoms with van der Waals surface area (Å²) in [5.74, 6) is 0.829. The van der Waals surface area contributed by atoms with Crippen molar-refractivity contribution in [3.8, 4) is 17.2 Å². The van der Waals surface area contributed by atoms with Crippen molar-refractivity contribution in [2.75, 3.05) is 7.11 Å². The molecule has 2 aromatic heterocycles. The van der Waals surface area contributed by atoms with E-state index in [1.165, 1.54) is 12.1 Å². The molecule has 0 bridgehead atoms. The number of halogens is 2. The van der Waals surface area contributed by atoms with Crippen molar-refractivity contribution in [2.45, 2.75) is 33.2 Å². The number of fused-ring (bicyclic) bond motifs is 1. The molecule has 0 aliphatic carbocycles. The maximum Gasteiger partial charge on any atom is 0.287 e. The van der Waals surface area contributed by atoms with E-state index in [2.05, 4.69) is 26.3 Å². The van der Waals surface area contributed by atoms with Gasteiger partial charge in [0.1, 0.15) is 17.3 Å². The van der Waals surface area contributed by atoms with E-state index in [0.717, 1.165) is 34.3 Å². The first-order chi connectivity index (χ1) is 18.8. The van der Waals surface area contributed by atoms with E-state index in [4.69, 9.17) is 9.15 Å². The number of amides is 1. The van der Waals surface area contributed by atoms with Crippen LogP contribution in [0.25, 0.3) is 16.6 Å². The zero-order chi connectivity index (χ0) is 28.4. The van der Waals surface area contributed by atoms with Gasteiger partial charge in [0.05, 0.1) is 24.5 Å². The molecule has 7 nitrogen and oxygen atoms in total. The van der Waals surface area contributed by atoms with Gasteiger partial charge in [0.25, 0.3) is 5.91 Å². The van der Waals surface area contributed by atoms with Crippen LogP contribution < -0.4 is 10.1 Å². The minimum absolute atomic E-state index is 0.00141. The van der Waals surface area contributed by atoms with E-state index in [0.29, 0.717) is 10.4 Å². The molecule has 0 fully saturated rings. The first-order valence-corrected chi connectivity index (χ1v) is 13.2. The van der Waals surface area contributed by atoms with Gasteiger partial charge in [-0.3, -0.25) is 4.79 Å². The highest BCUT2D eigenvalue weighted by Gasteiger charge is 2.14. The normalized spacial score (nSPS) is 11.0. The van der Waals surface area contributed by atoms with Gasteiger partial charge in [-0.05, 0) is 102 Å². The van der Waals surface area contributed by atoms with Crippen molar-refractivity contribution in [2.24, 2.45) is 0 Å². The van der Waals surface area contributed by atoms with Crippen LogP contribution in [-0.2, 0) is 6.42 Å². The van der Waals surface area contributed by atoms with Crippen molar-refractivity contribution in [1.82, 2.24) is 15.1 Å². The molecular formula is C30H31BrFN3O4. The minimum Gasteiger partial charge on any atom is -0.508 e. The molecule has 204 valence electrons. The summed E-state index contributed by atoms with van der Waals surface area (Å²) in [7, 11) is 1.64. The number of hydrogen-bond donors (Lipinski definition) is 2. The van der Waals surface area contributed by atoms with Gasteiger partial charge in [-0.1, -0.05) is 26.0 Å². The number of ether oxygens (including phenoxy) is 1. The Morgan fingerprint density at radius 1 is 1.10 bits per heavy atom. The van der Waals surface area contributed by atoms with Gasteiger partial charge >= 0.3 is 0 Å². The summed E-state index contributed by atoms with van der Waals surface area (Å²) < 4.78 is 25.5. The molecule has 0 aliphatic rings. The van der Waals surface area contributed by atoms with Gasteiger partial charge in [-0.15, -0.1) is 0 Å². The highest BCUT2D eigenvalue weighted by molar-refractivity contribution is 9.10. The zero-order valence-corrected chi connectivity index (χ0v) is 23.8. The Labute approximate surface area is 235 Å². The number of hydrogen-bond acceptors (Lipinski definition) is 5. The lowest BCUT2D eigenvalue weighted by Crippen LogP contribution is -2.33. The molecule has 0 spiro atoms. The fraction of sp³-hybridized carbons (Fsp3) is 0.200. The number of carbonyl (C=O) groups excluding carboxylic acids is 1. The van der Waals surface area contributed by atoms with E-state index in [1.54, 1.807) is 60.5 Å². The quantitative estimate of drug-likeness (QED) is 0.215. The summed E-state index contributed by atoms with van der Waals surface area (Å²) in [5.41, 5.74) is 2.76. The summed E-state index contributed by atoms with van der Waals surface area (Å²) in [6.07, 6.45) is 2.39. The van der Waals surface area contributed by atoms with E-state index in [-0.39, 0.29) is 23.5 Å². The summed E-state index contributed by atoms with van der Waals surface area (Å²) in [6.45, 7) is 5.95. The number of aromatic nitrogens is 2. The Balaban J connectivity index is 0.000000205. The standard InChI is InChI=1S/C15H16BrNO3.C13H9FN2O.C2H6/c1-10(8-11-4-3-5-12(9-11)19-2)17-15(18)13-6-7-14(16)20-13;14-10-1-3-11(4-2-10)16-13-6-5-12(17)7-9(13)8-15-16;1-2/h3-7,9-10H,8H2,1-2H3,(H,17,18);1-8,17H;1-2H3. The Kier molecular flexibility index (Phi) is 10.7. The van der Waals surface area contributed by atoms with E-state index in [1.807, 2.05) is 45.0 Å². The molecule has 9 heteroatoms. The number of benzene rings is 3. The minimum atomic E-state index is -0.275. The van der Waals surface area contributed by atoms with Crippen molar-refractivity contribution in [3.05, 3.63) is 107 Å². The van der Waals surface area contributed by atoms with Crippen LogP contribution in [0.1, 0.15) is 36.9 Å². The number of rotatable bonds is 6. The predicted octanol–water partition coefficient (Wildman–Crippen LogP) is 7.31. The van der Waals surface area contributed by atoms with Crippen molar-refractivity contribution < 1.29 is 23.4 Å². The average Bonchev–Trinajstić information content (AvgIpc) is 3.57. The van der Waals surface area contributed by atoms with Crippen molar-refractivity contribution in [3.63, 3.8) is 0 Å². The third-order valence-corrected chi connectivity index (χ3v) is 5.90. The number of furan rings is 1. The largest absolute Gasteiger partial charge is 0.508 e. The molecule has 3 aromatic carbocycles. The topological polar surface area (TPSA) is 89.5 Å². The number of methoxy groups -OCH3 is 1. The van der Waals surface area contributed by atoms with Crippen molar-refractivity contribution >= 4 is 32.7 Å². The Morgan fingerprint density at radius 2 is 1.85 bits per heavy atom. The second-order valence-corrected chi connectivity index (χ2v) is 9.09. The second kappa shape index (κ2) is 14.2. The fourth-order valence-corrected chi connectivity index (χ4v) is 4.05. The van der Waals surface area contributed by atoms with Crippen LogP contribution >= 0.6 is 15.9 Å². The number of aromatic hydroxyl groups is 1. The lowest BCUT2D eigenvalue weighted by Gasteiger charge is -2.13. The van der Waals surface area contributed by atoms with Crippen LogP contribution in [-0.4, -0.2) is 33.9 Å². The summed E-state index contributed by atoms with van der Waals surface area (Å²) in [5, 5.41) is 17.3. The highest BCUT2D eigenvalue weighted by Crippen LogP contribution is 2.22. The van der Waals surface area contributed by atoms with E-state index < -0.39 is 0 Å². The molecule has 1 unspecified atom stereocenters. The first-order valence-electron chi connectivity index (χ1n) is 12.4. The average molecular weight is 596 g/mol. The fourth-order valence-electron chi connectivity index (χ4n) is 3.74. The van der Waals surface area contributed by atoms with Gasteiger partial charge in [0, 0.05) is 11.4 Å². The number of phenolic OH excluding ortho intramolecular Hbond substituents is 1. The number of nitrogens with one attached hydrogen (secondary N) is 1. The summed E-state index contributed by atoms with van der Waals surface area (Å²) in [4.78, 5) is 11.9. The molecule has 5 rings (SSSR count). The second-order valence-electron chi connectivity index (χ2n) is 8.31. The van der Waals surface area contributed by atoms with Gasteiger partial charge in [-0.2, -0.15) is 5.10 Å².